The minimum atomic E-state index is -0.0363. The Hall–Kier alpha value is -3.31. The van der Waals surface area contributed by atoms with Crippen LogP contribution in [0.15, 0.2) is 72.8 Å². The highest BCUT2D eigenvalue weighted by molar-refractivity contribution is 6.10. The fraction of sp³-hybridized carbons (Fsp3) is 0.208. The molecule has 5 rings (SSSR count). The number of ether oxygens (including phenoxy) is 1. The molecule has 0 radical (unpaired) electrons. The van der Waals surface area contributed by atoms with E-state index >= 15 is 0 Å². The molecule has 2 heterocycles. The van der Waals surface area contributed by atoms with Crippen LogP contribution < -0.4 is 19.9 Å². The zero-order valence-electron chi connectivity index (χ0n) is 16.2. The molecule has 2 aliphatic rings. The summed E-state index contributed by atoms with van der Waals surface area (Å²) in [6.07, 6.45) is 0. The molecule has 3 aromatic rings. The lowest BCUT2D eigenvalue weighted by atomic mass is 10.1. The van der Waals surface area contributed by atoms with E-state index in [1.165, 1.54) is 0 Å². The Bertz CT molecular complexity index is 1030. The average molecular weight is 385 g/mol. The van der Waals surface area contributed by atoms with Gasteiger partial charge in [0.25, 0.3) is 5.91 Å². The Kier molecular flexibility index (Phi) is 4.66. The first-order valence-electron chi connectivity index (χ1n) is 10.0. The van der Waals surface area contributed by atoms with E-state index in [1.807, 2.05) is 77.7 Å². The molecular weight excluding hydrogens is 362 g/mol. The van der Waals surface area contributed by atoms with Crippen LogP contribution in [0.2, 0.25) is 0 Å². The Morgan fingerprint density at radius 1 is 0.828 bits per heavy atom. The highest BCUT2D eigenvalue weighted by atomic mass is 16.5. The van der Waals surface area contributed by atoms with Gasteiger partial charge in [-0.3, -0.25) is 4.79 Å². The Morgan fingerprint density at radius 2 is 1.55 bits per heavy atom. The molecule has 5 heteroatoms. The second-order valence-electron chi connectivity index (χ2n) is 7.34. The van der Waals surface area contributed by atoms with Gasteiger partial charge in [-0.25, -0.2) is 0 Å². The molecule has 0 aromatic heterocycles. The standard InChI is InChI=1S/C24H23N3O2/c28-24-19-9-6-11-21(26-15-13-25-14-16-26)23(19)29-22-12-5-4-10-20(22)27(24)17-18-7-2-1-3-8-18/h1-12,25H,13-17H2. The summed E-state index contributed by atoms with van der Waals surface area (Å²) in [5, 5.41) is 3.38. The summed E-state index contributed by atoms with van der Waals surface area (Å²) < 4.78 is 6.40. The predicted octanol–water partition coefficient (Wildman–Crippen LogP) is 4.05. The lowest BCUT2D eigenvalue weighted by Crippen LogP contribution is -2.43. The van der Waals surface area contributed by atoms with Crippen molar-refractivity contribution in [3.8, 4) is 11.5 Å². The summed E-state index contributed by atoms with van der Waals surface area (Å²) in [7, 11) is 0. The number of anilines is 2. The monoisotopic (exact) mass is 385 g/mol. The van der Waals surface area contributed by atoms with Crippen molar-refractivity contribution >= 4 is 17.3 Å². The molecule has 29 heavy (non-hydrogen) atoms. The Labute approximate surface area is 170 Å². The van der Waals surface area contributed by atoms with Gasteiger partial charge in [-0.1, -0.05) is 48.5 Å². The minimum Gasteiger partial charge on any atom is -0.452 e. The number of fused-ring (bicyclic) bond motifs is 2. The van der Waals surface area contributed by atoms with E-state index in [4.69, 9.17) is 4.74 Å². The van der Waals surface area contributed by atoms with Gasteiger partial charge in [0, 0.05) is 26.2 Å². The van der Waals surface area contributed by atoms with Crippen molar-refractivity contribution in [1.29, 1.82) is 0 Å². The van der Waals surface area contributed by atoms with E-state index in [1.54, 1.807) is 0 Å². The van der Waals surface area contributed by atoms with Gasteiger partial charge in [-0.05, 0) is 29.8 Å². The topological polar surface area (TPSA) is 44.8 Å². The van der Waals surface area contributed by atoms with Crippen LogP contribution in [0.3, 0.4) is 0 Å². The fourth-order valence-corrected chi connectivity index (χ4v) is 4.01. The van der Waals surface area contributed by atoms with Crippen LogP contribution in [-0.2, 0) is 6.54 Å². The molecule has 0 atom stereocenters. The van der Waals surface area contributed by atoms with E-state index in [-0.39, 0.29) is 5.91 Å². The fourth-order valence-electron chi connectivity index (χ4n) is 4.01. The van der Waals surface area contributed by atoms with Gasteiger partial charge in [-0.2, -0.15) is 0 Å². The third-order valence-corrected chi connectivity index (χ3v) is 5.48. The van der Waals surface area contributed by atoms with Crippen molar-refractivity contribution in [3.05, 3.63) is 83.9 Å². The van der Waals surface area contributed by atoms with Crippen LogP contribution in [0, 0.1) is 0 Å². The summed E-state index contributed by atoms with van der Waals surface area (Å²) in [5.41, 5.74) is 3.46. The van der Waals surface area contributed by atoms with Crippen molar-refractivity contribution in [2.75, 3.05) is 36.0 Å². The van der Waals surface area contributed by atoms with Gasteiger partial charge in [0.15, 0.2) is 11.5 Å². The summed E-state index contributed by atoms with van der Waals surface area (Å²) in [6.45, 7) is 4.13. The third kappa shape index (κ3) is 3.34. The van der Waals surface area contributed by atoms with E-state index in [9.17, 15) is 4.79 Å². The number of piperazine rings is 1. The minimum absolute atomic E-state index is 0.0363. The quantitative estimate of drug-likeness (QED) is 0.739. The molecule has 146 valence electrons. The van der Waals surface area contributed by atoms with Crippen molar-refractivity contribution in [3.63, 3.8) is 0 Å². The number of rotatable bonds is 3. The molecule has 0 saturated carbocycles. The molecule has 2 aliphatic heterocycles. The van der Waals surface area contributed by atoms with Crippen LogP contribution in [0.25, 0.3) is 0 Å². The molecular formula is C24H23N3O2. The molecule has 5 nitrogen and oxygen atoms in total. The maximum Gasteiger partial charge on any atom is 0.262 e. The van der Waals surface area contributed by atoms with E-state index in [2.05, 4.69) is 10.2 Å². The van der Waals surface area contributed by atoms with Gasteiger partial charge >= 0.3 is 0 Å². The van der Waals surface area contributed by atoms with Gasteiger partial charge in [0.1, 0.15) is 0 Å². The van der Waals surface area contributed by atoms with Crippen molar-refractivity contribution in [2.24, 2.45) is 0 Å². The molecule has 0 aliphatic carbocycles. The van der Waals surface area contributed by atoms with Crippen LogP contribution >= 0.6 is 0 Å². The van der Waals surface area contributed by atoms with Crippen LogP contribution in [0.1, 0.15) is 15.9 Å². The van der Waals surface area contributed by atoms with Crippen LogP contribution in [0.5, 0.6) is 11.5 Å². The van der Waals surface area contributed by atoms with Crippen LogP contribution in [0.4, 0.5) is 11.4 Å². The number of nitrogens with zero attached hydrogens (tertiary/aromatic N) is 2. The molecule has 0 unspecified atom stereocenters. The van der Waals surface area contributed by atoms with Crippen LogP contribution in [-0.4, -0.2) is 32.1 Å². The first-order valence-corrected chi connectivity index (χ1v) is 10.0. The largest absolute Gasteiger partial charge is 0.452 e. The zero-order valence-corrected chi connectivity index (χ0v) is 16.2. The van der Waals surface area contributed by atoms with Crippen molar-refractivity contribution < 1.29 is 9.53 Å². The van der Waals surface area contributed by atoms with E-state index in [0.29, 0.717) is 23.6 Å². The Balaban J connectivity index is 1.61. The van der Waals surface area contributed by atoms with Crippen molar-refractivity contribution in [1.82, 2.24) is 5.32 Å². The predicted molar refractivity (Wildman–Crippen MR) is 115 cm³/mol. The van der Waals surface area contributed by atoms with Crippen molar-refractivity contribution in [2.45, 2.75) is 6.54 Å². The highest BCUT2D eigenvalue weighted by Gasteiger charge is 2.31. The number of para-hydroxylation sites is 3. The number of nitrogens with one attached hydrogen (secondary N) is 1. The van der Waals surface area contributed by atoms with Gasteiger partial charge in [-0.15, -0.1) is 0 Å². The molecule has 0 spiro atoms. The molecule has 1 N–H and O–H groups in total. The Morgan fingerprint density at radius 3 is 2.38 bits per heavy atom. The van der Waals surface area contributed by atoms with E-state index in [0.717, 1.165) is 43.1 Å². The SMILES string of the molecule is O=C1c2cccc(N3CCNCC3)c2Oc2ccccc2N1Cc1ccccc1. The third-order valence-electron chi connectivity index (χ3n) is 5.48. The lowest BCUT2D eigenvalue weighted by molar-refractivity contribution is 0.0985. The summed E-state index contributed by atoms with van der Waals surface area (Å²) in [4.78, 5) is 17.8. The molecule has 3 aromatic carbocycles. The first kappa shape index (κ1) is 17.8. The van der Waals surface area contributed by atoms with Gasteiger partial charge in [0.05, 0.1) is 23.5 Å². The first-order chi connectivity index (χ1) is 14.3. The number of hydrogen-bond acceptors (Lipinski definition) is 4. The molecule has 1 saturated heterocycles. The molecule has 0 bridgehead atoms. The number of carbonyl (C=O) groups excluding carboxylic acids is 1. The number of amides is 1. The summed E-state index contributed by atoms with van der Waals surface area (Å²) in [5.74, 6) is 1.33. The number of benzene rings is 3. The molecule has 1 amide bonds. The summed E-state index contributed by atoms with van der Waals surface area (Å²) >= 11 is 0. The number of hydrogen-bond donors (Lipinski definition) is 1. The normalized spacial score (nSPS) is 15.9. The average Bonchev–Trinajstić information content (AvgIpc) is 2.90. The maximum absolute atomic E-state index is 13.7. The smallest absolute Gasteiger partial charge is 0.262 e. The van der Waals surface area contributed by atoms with Gasteiger partial charge in [0.2, 0.25) is 0 Å². The van der Waals surface area contributed by atoms with E-state index < -0.39 is 0 Å². The second kappa shape index (κ2) is 7.60. The summed E-state index contributed by atoms with van der Waals surface area (Å²) in [6, 6.07) is 23.7. The number of carbonyl (C=O) groups is 1. The zero-order chi connectivity index (χ0) is 19.6. The highest BCUT2D eigenvalue weighted by Crippen LogP contribution is 2.44. The maximum atomic E-state index is 13.7. The molecule has 1 fully saturated rings. The van der Waals surface area contributed by atoms with Gasteiger partial charge < -0.3 is 19.9 Å². The lowest BCUT2D eigenvalue weighted by Gasteiger charge is -2.31. The second-order valence-corrected chi connectivity index (χ2v) is 7.34.